The lowest BCUT2D eigenvalue weighted by Crippen LogP contribution is -2.31. The van der Waals surface area contributed by atoms with Crippen molar-refractivity contribution >= 4 is 5.78 Å². The number of fused-ring (bicyclic) bond motifs is 3. The highest BCUT2D eigenvalue weighted by Crippen LogP contribution is 2.45. The Bertz CT molecular complexity index is 552. The van der Waals surface area contributed by atoms with E-state index in [1.807, 2.05) is 12.1 Å². The van der Waals surface area contributed by atoms with E-state index in [4.69, 9.17) is 9.47 Å². The van der Waals surface area contributed by atoms with Crippen molar-refractivity contribution in [2.75, 3.05) is 13.7 Å². The van der Waals surface area contributed by atoms with Crippen LogP contribution in [-0.4, -0.2) is 19.5 Å². The maximum Gasteiger partial charge on any atom is 0.132 e. The maximum absolute atomic E-state index is 11.9. The van der Waals surface area contributed by atoms with Gasteiger partial charge in [0.05, 0.1) is 13.7 Å². The molecule has 3 nitrogen and oxygen atoms in total. The third-order valence-electron chi connectivity index (χ3n) is 5.39. The molecule has 2 aliphatic rings. The normalized spacial score (nSPS) is 26.2. The molecule has 3 atom stereocenters. The number of methoxy groups -OCH3 is 1. The second-order valence-corrected chi connectivity index (χ2v) is 7.49. The van der Waals surface area contributed by atoms with Crippen LogP contribution < -0.4 is 9.47 Å². The highest BCUT2D eigenvalue weighted by atomic mass is 16.5. The van der Waals surface area contributed by atoms with Crippen LogP contribution in [0.3, 0.4) is 0 Å². The van der Waals surface area contributed by atoms with Crippen LogP contribution in [0.15, 0.2) is 18.2 Å². The molecule has 1 aliphatic heterocycles. The first-order valence-corrected chi connectivity index (χ1v) is 9.93. The zero-order valence-corrected chi connectivity index (χ0v) is 16.3. The molecule has 25 heavy (non-hydrogen) atoms. The Labute approximate surface area is 153 Å². The van der Waals surface area contributed by atoms with Gasteiger partial charge in [0.1, 0.15) is 17.3 Å². The van der Waals surface area contributed by atoms with Gasteiger partial charge in [-0.2, -0.15) is 0 Å². The number of carbonyl (C=O) groups excluding carboxylic acids is 1. The second-order valence-electron chi connectivity index (χ2n) is 7.49. The number of hydrogen-bond acceptors (Lipinski definition) is 3. The molecular weight excluding hydrogens is 312 g/mol. The standard InChI is InChI=1S/C19H26O3.C3H8/c1-13-5-3-6-14(20)7-4-8-16-17-10-9-15(21-2)11-19(17)22-12-18(13)16;1-3-2/h9-11,13,16,18H,3-8,12H2,1-2H3;3H2,1-2H3. The molecule has 140 valence electrons. The molecule has 0 radical (unpaired) electrons. The Morgan fingerprint density at radius 3 is 2.52 bits per heavy atom. The SMILES string of the molecule is CCC.COc1ccc2c(c1)OCC1C(C)CCCC(=O)CCCC21. The molecule has 0 saturated heterocycles. The topological polar surface area (TPSA) is 35.5 Å². The minimum atomic E-state index is 0.438. The van der Waals surface area contributed by atoms with Gasteiger partial charge in [-0.15, -0.1) is 0 Å². The van der Waals surface area contributed by atoms with E-state index in [-0.39, 0.29) is 0 Å². The van der Waals surface area contributed by atoms with Crippen molar-refractivity contribution in [1.29, 1.82) is 0 Å². The molecule has 3 heteroatoms. The van der Waals surface area contributed by atoms with Gasteiger partial charge in [0.25, 0.3) is 0 Å². The molecule has 3 unspecified atom stereocenters. The molecule has 1 aromatic carbocycles. The lowest BCUT2D eigenvalue weighted by molar-refractivity contribution is -0.119. The smallest absolute Gasteiger partial charge is 0.132 e. The average Bonchev–Trinajstić information content (AvgIpc) is 2.61. The van der Waals surface area contributed by atoms with Crippen molar-refractivity contribution in [1.82, 2.24) is 0 Å². The predicted molar refractivity (Wildman–Crippen MR) is 103 cm³/mol. The van der Waals surface area contributed by atoms with Gasteiger partial charge in [-0.25, -0.2) is 0 Å². The minimum Gasteiger partial charge on any atom is -0.497 e. The molecule has 1 aliphatic carbocycles. The van der Waals surface area contributed by atoms with E-state index in [0.29, 0.717) is 23.5 Å². The van der Waals surface area contributed by atoms with Gasteiger partial charge >= 0.3 is 0 Å². The molecule has 0 amide bonds. The van der Waals surface area contributed by atoms with Crippen LogP contribution in [0.5, 0.6) is 11.5 Å². The van der Waals surface area contributed by atoms with E-state index in [1.54, 1.807) is 7.11 Å². The van der Waals surface area contributed by atoms with Gasteiger partial charge in [0, 0.05) is 24.8 Å². The Hall–Kier alpha value is -1.51. The number of rotatable bonds is 1. The molecule has 3 rings (SSSR count). The van der Waals surface area contributed by atoms with E-state index in [0.717, 1.165) is 56.6 Å². The lowest BCUT2D eigenvalue weighted by Gasteiger charge is -2.38. The van der Waals surface area contributed by atoms with Crippen LogP contribution in [0.4, 0.5) is 0 Å². The fraction of sp³-hybridized carbons (Fsp3) is 0.682. The van der Waals surface area contributed by atoms with Crippen molar-refractivity contribution in [2.45, 2.75) is 71.6 Å². The monoisotopic (exact) mass is 346 g/mol. The number of benzene rings is 1. The summed E-state index contributed by atoms with van der Waals surface area (Å²) >= 11 is 0. The quantitative estimate of drug-likeness (QED) is 0.648. The Balaban J connectivity index is 0.000000701. The van der Waals surface area contributed by atoms with Gasteiger partial charge in [-0.05, 0) is 49.1 Å². The van der Waals surface area contributed by atoms with E-state index in [1.165, 1.54) is 12.0 Å². The largest absolute Gasteiger partial charge is 0.497 e. The third kappa shape index (κ3) is 5.23. The highest BCUT2D eigenvalue weighted by Gasteiger charge is 2.34. The number of ether oxygens (including phenoxy) is 2. The second kappa shape index (κ2) is 9.84. The maximum atomic E-state index is 11.9. The summed E-state index contributed by atoms with van der Waals surface area (Å²) in [6.07, 6.45) is 6.99. The summed E-state index contributed by atoms with van der Waals surface area (Å²) in [5.41, 5.74) is 1.30. The van der Waals surface area contributed by atoms with Gasteiger partial charge in [-0.3, -0.25) is 4.79 Å². The fourth-order valence-electron chi connectivity index (χ4n) is 4.02. The number of ketones is 1. The summed E-state index contributed by atoms with van der Waals surface area (Å²) in [6.45, 7) is 7.36. The molecule has 0 spiro atoms. The van der Waals surface area contributed by atoms with Crippen LogP contribution in [0.1, 0.15) is 77.2 Å². The summed E-state index contributed by atoms with van der Waals surface area (Å²) in [4.78, 5) is 11.9. The van der Waals surface area contributed by atoms with Gasteiger partial charge < -0.3 is 9.47 Å². The molecule has 0 aromatic heterocycles. The molecular formula is C22H34O3. The Kier molecular flexibility index (Phi) is 7.80. The zero-order valence-electron chi connectivity index (χ0n) is 16.3. The Morgan fingerprint density at radius 2 is 1.84 bits per heavy atom. The van der Waals surface area contributed by atoms with Crippen molar-refractivity contribution < 1.29 is 14.3 Å². The van der Waals surface area contributed by atoms with Crippen LogP contribution >= 0.6 is 0 Å². The zero-order chi connectivity index (χ0) is 18.2. The summed E-state index contributed by atoms with van der Waals surface area (Å²) in [7, 11) is 1.69. The lowest BCUT2D eigenvalue weighted by atomic mass is 9.72. The van der Waals surface area contributed by atoms with Crippen LogP contribution in [0.2, 0.25) is 0 Å². The first-order chi connectivity index (χ1) is 12.1. The third-order valence-corrected chi connectivity index (χ3v) is 5.39. The molecule has 1 fully saturated rings. The van der Waals surface area contributed by atoms with Crippen molar-refractivity contribution in [3.05, 3.63) is 23.8 Å². The average molecular weight is 347 g/mol. The van der Waals surface area contributed by atoms with Crippen LogP contribution in [0.25, 0.3) is 0 Å². The molecule has 0 bridgehead atoms. The molecule has 0 N–H and O–H groups in total. The summed E-state index contributed by atoms with van der Waals surface area (Å²) in [6, 6.07) is 6.19. The summed E-state index contributed by atoms with van der Waals surface area (Å²) in [5, 5.41) is 0. The van der Waals surface area contributed by atoms with Crippen molar-refractivity contribution in [3.8, 4) is 11.5 Å². The summed E-state index contributed by atoms with van der Waals surface area (Å²) in [5.74, 6) is 3.93. The van der Waals surface area contributed by atoms with Crippen LogP contribution in [-0.2, 0) is 4.79 Å². The molecule has 1 aromatic rings. The molecule has 1 saturated carbocycles. The minimum absolute atomic E-state index is 0.438. The van der Waals surface area contributed by atoms with Crippen molar-refractivity contribution in [2.24, 2.45) is 11.8 Å². The Morgan fingerprint density at radius 1 is 1.16 bits per heavy atom. The fourth-order valence-corrected chi connectivity index (χ4v) is 4.02. The van der Waals surface area contributed by atoms with Crippen molar-refractivity contribution in [3.63, 3.8) is 0 Å². The van der Waals surface area contributed by atoms with Gasteiger partial charge in [-0.1, -0.05) is 33.3 Å². The predicted octanol–water partition coefficient (Wildman–Crippen LogP) is 5.76. The molecule has 1 heterocycles. The van der Waals surface area contributed by atoms with Gasteiger partial charge in [0.15, 0.2) is 0 Å². The first-order valence-electron chi connectivity index (χ1n) is 9.93. The van der Waals surface area contributed by atoms with E-state index < -0.39 is 0 Å². The van der Waals surface area contributed by atoms with E-state index in [9.17, 15) is 4.79 Å². The first kappa shape index (κ1) is 19.8. The number of Topliss-reactive ketones (excluding diaryl/α,β-unsaturated/α-hetero) is 1. The van der Waals surface area contributed by atoms with Gasteiger partial charge in [0.2, 0.25) is 0 Å². The number of carbonyl (C=O) groups is 1. The highest BCUT2D eigenvalue weighted by molar-refractivity contribution is 5.78. The van der Waals surface area contributed by atoms with E-state index in [2.05, 4.69) is 26.8 Å². The van der Waals surface area contributed by atoms with E-state index >= 15 is 0 Å². The van der Waals surface area contributed by atoms with Crippen LogP contribution in [0, 0.1) is 11.8 Å². The summed E-state index contributed by atoms with van der Waals surface area (Å²) < 4.78 is 11.4. The number of hydrogen-bond donors (Lipinski definition) is 0.